The van der Waals surface area contributed by atoms with Crippen LogP contribution in [-0.2, 0) is 27.4 Å². The van der Waals surface area contributed by atoms with Gasteiger partial charge in [0.1, 0.15) is 6.61 Å². The molecule has 2 aromatic rings. The Morgan fingerprint density at radius 1 is 1.00 bits per heavy atom. The molecule has 0 aliphatic heterocycles. The molecule has 0 atom stereocenters. The number of carbonyl (C=O) groups is 2. The summed E-state index contributed by atoms with van der Waals surface area (Å²) in [6, 6.07) is 14.7. The van der Waals surface area contributed by atoms with E-state index in [1.54, 1.807) is 30.3 Å². The highest BCUT2D eigenvalue weighted by atomic mass is 16.6. The summed E-state index contributed by atoms with van der Waals surface area (Å²) in [5.41, 5.74) is 0.759. The molecule has 0 fully saturated rings. The first-order valence-corrected chi connectivity index (χ1v) is 6.54. The highest BCUT2D eigenvalue weighted by Crippen LogP contribution is 2.18. The number of esters is 1. The number of nitrogens with zero attached hydrogens (tertiary/aromatic N) is 1. The van der Waals surface area contributed by atoms with Crippen LogP contribution in [0.3, 0.4) is 0 Å². The van der Waals surface area contributed by atoms with Gasteiger partial charge in [0, 0.05) is 18.1 Å². The lowest BCUT2D eigenvalue weighted by molar-refractivity contribution is -0.385. The fraction of sp³-hybridized carbons (Fsp3) is 0.125. The molecular formula is C16H13NO5. The zero-order chi connectivity index (χ0) is 15.9. The van der Waals surface area contributed by atoms with Crippen LogP contribution in [0, 0.1) is 10.1 Å². The van der Waals surface area contributed by atoms with E-state index in [9.17, 15) is 19.7 Å². The Hall–Kier alpha value is -3.02. The second-order valence-corrected chi connectivity index (χ2v) is 4.55. The van der Waals surface area contributed by atoms with Gasteiger partial charge in [-0.2, -0.15) is 0 Å². The number of rotatable bonds is 6. The molecule has 0 heterocycles. The monoisotopic (exact) mass is 299 g/mol. The molecule has 6 heteroatoms. The standard InChI is InChI=1S/C16H13NO5/c18-15(10-13-8-4-5-9-14(13)17(20)21)16(19)22-11-12-6-2-1-3-7-12/h1-9H,10-11H2. The predicted molar refractivity (Wildman–Crippen MR) is 78.0 cm³/mol. The van der Waals surface area contributed by atoms with E-state index in [0.29, 0.717) is 0 Å². The molecule has 0 saturated carbocycles. The van der Waals surface area contributed by atoms with Crippen LogP contribution in [-0.4, -0.2) is 16.7 Å². The maximum atomic E-state index is 11.8. The predicted octanol–water partition coefficient (Wildman–Crippen LogP) is 2.45. The van der Waals surface area contributed by atoms with E-state index in [1.807, 2.05) is 6.07 Å². The second-order valence-electron chi connectivity index (χ2n) is 4.55. The van der Waals surface area contributed by atoms with Crippen molar-refractivity contribution in [1.29, 1.82) is 0 Å². The van der Waals surface area contributed by atoms with Gasteiger partial charge in [0.2, 0.25) is 5.78 Å². The number of ketones is 1. The van der Waals surface area contributed by atoms with Crippen molar-refractivity contribution in [3.8, 4) is 0 Å². The first kappa shape index (κ1) is 15.4. The zero-order valence-corrected chi connectivity index (χ0v) is 11.6. The van der Waals surface area contributed by atoms with Crippen LogP contribution in [0.15, 0.2) is 54.6 Å². The number of benzene rings is 2. The number of ether oxygens (including phenoxy) is 1. The van der Waals surface area contributed by atoms with E-state index in [2.05, 4.69) is 0 Å². The number of para-hydroxylation sites is 1. The minimum absolute atomic E-state index is 0.0116. The quantitative estimate of drug-likeness (QED) is 0.354. The smallest absolute Gasteiger partial charge is 0.375 e. The van der Waals surface area contributed by atoms with Crippen LogP contribution in [0.5, 0.6) is 0 Å². The normalized spacial score (nSPS) is 10.0. The van der Waals surface area contributed by atoms with E-state index in [0.717, 1.165) is 5.56 Å². The molecule has 0 aliphatic rings. The number of nitro benzene ring substituents is 1. The van der Waals surface area contributed by atoms with Gasteiger partial charge in [0.25, 0.3) is 5.69 Å². The summed E-state index contributed by atoms with van der Waals surface area (Å²) >= 11 is 0. The molecule has 0 saturated heterocycles. The highest BCUT2D eigenvalue weighted by molar-refractivity contribution is 6.34. The Balaban J connectivity index is 1.97. The maximum absolute atomic E-state index is 11.8. The van der Waals surface area contributed by atoms with Crippen molar-refractivity contribution in [3.05, 3.63) is 75.8 Å². The highest BCUT2D eigenvalue weighted by Gasteiger charge is 2.21. The summed E-state index contributed by atoms with van der Waals surface area (Å²) in [6.07, 6.45) is -0.356. The molecule has 6 nitrogen and oxygen atoms in total. The van der Waals surface area contributed by atoms with Gasteiger partial charge in [-0.05, 0) is 5.56 Å². The SMILES string of the molecule is O=C(Cc1ccccc1[N+](=O)[O-])C(=O)OCc1ccccc1. The molecule has 0 aromatic heterocycles. The van der Waals surface area contributed by atoms with E-state index >= 15 is 0 Å². The third-order valence-electron chi connectivity index (χ3n) is 2.98. The largest absolute Gasteiger partial charge is 0.455 e. The average Bonchev–Trinajstić information content (AvgIpc) is 2.53. The molecule has 0 bridgehead atoms. The molecule has 22 heavy (non-hydrogen) atoms. The van der Waals surface area contributed by atoms with E-state index < -0.39 is 16.7 Å². The minimum Gasteiger partial charge on any atom is -0.455 e. The zero-order valence-electron chi connectivity index (χ0n) is 11.6. The lowest BCUT2D eigenvalue weighted by Crippen LogP contribution is -2.19. The Kier molecular flexibility index (Phi) is 4.98. The molecule has 0 amide bonds. The topological polar surface area (TPSA) is 86.5 Å². The third kappa shape index (κ3) is 3.99. The lowest BCUT2D eigenvalue weighted by Gasteiger charge is -2.04. The Morgan fingerprint density at radius 2 is 1.64 bits per heavy atom. The van der Waals surface area contributed by atoms with Gasteiger partial charge < -0.3 is 4.74 Å². The number of nitro groups is 1. The Bertz CT molecular complexity index is 697. The van der Waals surface area contributed by atoms with Crippen LogP contribution < -0.4 is 0 Å². The minimum atomic E-state index is -0.998. The van der Waals surface area contributed by atoms with Crippen LogP contribution >= 0.6 is 0 Å². The van der Waals surface area contributed by atoms with Crippen molar-refractivity contribution < 1.29 is 19.2 Å². The fourth-order valence-corrected chi connectivity index (χ4v) is 1.89. The van der Waals surface area contributed by atoms with Crippen molar-refractivity contribution in [3.63, 3.8) is 0 Å². The van der Waals surface area contributed by atoms with Gasteiger partial charge >= 0.3 is 5.97 Å². The van der Waals surface area contributed by atoms with Gasteiger partial charge in [-0.25, -0.2) is 4.79 Å². The summed E-state index contributed by atoms with van der Waals surface area (Å²) in [5.74, 6) is -1.81. The Labute approximate surface area is 126 Å². The van der Waals surface area contributed by atoms with Crippen LogP contribution in [0.4, 0.5) is 5.69 Å². The van der Waals surface area contributed by atoms with Gasteiger partial charge in [-0.1, -0.05) is 48.5 Å². The molecular weight excluding hydrogens is 286 g/mol. The van der Waals surface area contributed by atoms with Gasteiger partial charge in [-0.3, -0.25) is 14.9 Å². The molecule has 112 valence electrons. The third-order valence-corrected chi connectivity index (χ3v) is 2.98. The van der Waals surface area contributed by atoms with E-state index in [1.165, 1.54) is 18.2 Å². The number of Topliss-reactive ketones (excluding diaryl/α,β-unsaturated/α-hetero) is 1. The van der Waals surface area contributed by atoms with Crippen molar-refractivity contribution in [2.45, 2.75) is 13.0 Å². The summed E-state index contributed by atoms with van der Waals surface area (Å²) in [7, 11) is 0. The molecule has 0 N–H and O–H groups in total. The maximum Gasteiger partial charge on any atom is 0.375 e. The molecule has 0 radical (unpaired) electrons. The van der Waals surface area contributed by atoms with Gasteiger partial charge in [0.05, 0.1) is 4.92 Å². The summed E-state index contributed by atoms with van der Waals surface area (Å²) in [4.78, 5) is 33.7. The van der Waals surface area contributed by atoms with Crippen molar-refractivity contribution in [2.75, 3.05) is 0 Å². The lowest BCUT2D eigenvalue weighted by atomic mass is 10.1. The average molecular weight is 299 g/mol. The Morgan fingerprint density at radius 3 is 2.32 bits per heavy atom. The molecule has 2 aromatic carbocycles. The number of hydrogen-bond donors (Lipinski definition) is 0. The summed E-state index contributed by atoms with van der Waals surface area (Å²) < 4.78 is 4.90. The second kappa shape index (κ2) is 7.12. The van der Waals surface area contributed by atoms with Crippen molar-refractivity contribution in [2.24, 2.45) is 0 Å². The summed E-state index contributed by atoms with van der Waals surface area (Å²) in [6.45, 7) is -0.0116. The van der Waals surface area contributed by atoms with Crippen LogP contribution in [0.25, 0.3) is 0 Å². The summed E-state index contributed by atoms with van der Waals surface area (Å²) in [5, 5.41) is 10.9. The van der Waals surface area contributed by atoms with Crippen molar-refractivity contribution in [1.82, 2.24) is 0 Å². The van der Waals surface area contributed by atoms with Crippen LogP contribution in [0.2, 0.25) is 0 Å². The number of carbonyl (C=O) groups excluding carboxylic acids is 2. The molecule has 0 aliphatic carbocycles. The first-order chi connectivity index (χ1) is 10.6. The molecule has 0 unspecified atom stereocenters. The molecule has 2 rings (SSSR count). The van der Waals surface area contributed by atoms with E-state index in [-0.39, 0.29) is 24.3 Å². The van der Waals surface area contributed by atoms with Crippen molar-refractivity contribution >= 4 is 17.4 Å². The van der Waals surface area contributed by atoms with Crippen LogP contribution in [0.1, 0.15) is 11.1 Å². The van der Waals surface area contributed by atoms with E-state index in [4.69, 9.17) is 4.74 Å². The molecule has 0 spiro atoms. The first-order valence-electron chi connectivity index (χ1n) is 6.54. The van der Waals surface area contributed by atoms with Gasteiger partial charge in [-0.15, -0.1) is 0 Å². The van der Waals surface area contributed by atoms with Gasteiger partial charge in [0.15, 0.2) is 0 Å². The number of hydrogen-bond acceptors (Lipinski definition) is 5. The fourth-order valence-electron chi connectivity index (χ4n) is 1.89.